The van der Waals surface area contributed by atoms with Crippen LogP contribution in [0.5, 0.6) is 0 Å². The second-order valence-corrected chi connectivity index (χ2v) is 6.67. The zero-order valence-electron chi connectivity index (χ0n) is 15.0. The highest BCUT2D eigenvalue weighted by Gasteiger charge is 2.26. The number of nitrogens with one attached hydrogen (secondary N) is 2. The summed E-state index contributed by atoms with van der Waals surface area (Å²) in [6.07, 6.45) is 3.53. The van der Waals surface area contributed by atoms with Gasteiger partial charge < -0.3 is 10.6 Å². The average molecular weight is 331 g/mol. The maximum Gasteiger partial charge on any atom is 0.241 e. The minimum absolute atomic E-state index is 0.0132. The van der Waals surface area contributed by atoms with E-state index in [2.05, 4.69) is 15.5 Å². The topological polar surface area (TPSA) is 61.4 Å². The van der Waals surface area contributed by atoms with Crippen molar-refractivity contribution in [3.63, 3.8) is 0 Å². The number of anilines is 1. The van der Waals surface area contributed by atoms with Gasteiger partial charge in [0.15, 0.2) is 5.78 Å². The minimum atomic E-state index is -0.136. The Morgan fingerprint density at radius 1 is 1.21 bits per heavy atom. The molecule has 1 aromatic rings. The van der Waals surface area contributed by atoms with Crippen molar-refractivity contribution in [2.75, 3.05) is 32.0 Å². The first-order chi connectivity index (χ1) is 11.5. The molecule has 1 aromatic carbocycles. The Labute approximate surface area is 144 Å². The van der Waals surface area contributed by atoms with Crippen LogP contribution >= 0.6 is 0 Å². The molecule has 1 atom stereocenters. The zero-order valence-corrected chi connectivity index (χ0v) is 15.0. The number of hydrogen-bond acceptors (Lipinski definition) is 4. The molecule has 0 saturated carbocycles. The van der Waals surface area contributed by atoms with Gasteiger partial charge in [0.1, 0.15) is 0 Å². The molecule has 24 heavy (non-hydrogen) atoms. The molecule has 0 aliphatic carbocycles. The van der Waals surface area contributed by atoms with Crippen molar-refractivity contribution in [1.82, 2.24) is 10.2 Å². The van der Waals surface area contributed by atoms with Crippen molar-refractivity contribution in [1.29, 1.82) is 0 Å². The molecule has 5 nitrogen and oxygen atoms in total. The summed E-state index contributed by atoms with van der Waals surface area (Å²) in [5.41, 5.74) is 1.39. The van der Waals surface area contributed by atoms with Crippen molar-refractivity contribution in [2.24, 2.45) is 5.92 Å². The molecule has 0 radical (unpaired) electrons. The Hall–Kier alpha value is -1.72. The molecule has 1 amide bonds. The second kappa shape index (κ2) is 8.94. The molecule has 1 heterocycles. The molecule has 1 aliphatic rings. The normalized spacial score (nSPS) is 17.5. The highest BCUT2D eigenvalue weighted by Crippen LogP contribution is 2.22. The fourth-order valence-corrected chi connectivity index (χ4v) is 3.18. The summed E-state index contributed by atoms with van der Waals surface area (Å²) in [6.45, 7) is 6.53. The molecule has 1 saturated heterocycles. The molecule has 132 valence electrons. The summed E-state index contributed by atoms with van der Waals surface area (Å²) >= 11 is 0. The summed E-state index contributed by atoms with van der Waals surface area (Å²) in [6, 6.07) is 6.92. The van der Waals surface area contributed by atoms with Crippen LogP contribution in [0.25, 0.3) is 0 Å². The number of carbonyl (C=O) groups is 2. The maximum atomic E-state index is 12.5. The number of piperidine rings is 1. The average Bonchev–Trinajstić information content (AvgIpc) is 2.60. The smallest absolute Gasteiger partial charge is 0.241 e. The Kier molecular flexibility index (Phi) is 6.94. The fraction of sp³-hybridized carbons (Fsp3) is 0.579. The van der Waals surface area contributed by atoms with Crippen molar-refractivity contribution >= 4 is 17.4 Å². The number of amides is 1. The van der Waals surface area contributed by atoms with Gasteiger partial charge in [0.25, 0.3) is 0 Å². The zero-order chi connectivity index (χ0) is 17.5. The lowest BCUT2D eigenvalue weighted by Gasteiger charge is -2.35. The van der Waals surface area contributed by atoms with E-state index in [1.54, 1.807) is 24.3 Å². The van der Waals surface area contributed by atoms with Crippen LogP contribution in [-0.4, -0.2) is 49.3 Å². The molecular weight excluding hydrogens is 302 g/mol. The van der Waals surface area contributed by atoms with E-state index in [-0.39, 0.29) is 17.7 Å². The van der Waals surface area contributed by atoms with Gasteiger partial charge in [-0.15, -0.1) is 0 Å². The summed E-state index contributed by atoms with van der Waals surface area (Å²) in [4.78, 5) is 26.0. The lowest BCUT2D eigenvalue weighted by molar-refractivity contribution is -0.121. The predicted molar refractivity (Wildman–Crippen MR) is 97.4 cm³/mol. The molecule has 1 aliphatic heterocycles. The molecule has 0 bridgehead atoms. The Morgan fingerprint density at radius 3 is 2.38 bits per heavy atom. The van der Waals surface area contributed by atoms with Crippen LogP contribution in [-0.2, 0) is 4.79 Å². The Balaban J connectivity index is 1.83. The van der Waals surface area contributed by atoms with Gasteiger partial charge in [0.2, 0.25) is 5.91 Å². The van der Waals surface area contributed by atoms with E-state index in [0.717, 1.165) is 44.1 Å². The predicted octanol–water partition coefficient (Wildman–Crippen LogP) is 2.54. The van der Waals surface area contributed by atoms with Crippen LogP contribution < -0.4 is 10.6 Å². The van der Waals surface area contributed by atoms with E-state index < -0.39 is 0 Å². The van der Waals surface area contributed by atoms with Crippen LogP contribution in [0.2, 0.25) is 0 Å². The molecule has 2 rings (SSSR count). The molecule has 0 aromatic heterocycles. The second-order valence-electron chi connectivity index (χ2n) is 6.67. The third-order valence-corrected chi connectivity index (χ3v) is 4.94. The van der Waals surface area contributed by atoms with Gasteiger partial charge in [-0.1, -0.05) is 0 Å². The van der Waals surface area contributed by atoms with E-state index in [9.17, 15) is 9.59 Å². The van der Waals surface area contributed by atoms with Gasteiger partial charge >= 0.3 is 0 Å². The van der Waals surface area contributed by atoms with Gasteiger partial charge in [0.05, 0.1) is 6.04 Å². The van der Waals surface area contributed by atoms with Crippen LogP contribution in [0.4, 0.5) is 5.69 Å². The summed E-state index contributed by atoms with van der Waals surface area (Å²) in [5, 5.41) is 6.16. The molecule has 0 spiro atoms. The van der Waals surface area contributed by atoms with Crippen molar-refractivity contribution in [2.45, 2.75) is 39.2 Å². The summed E-state index contributed by atoms with van der Waals surface area (Å²) in [5.74, 6) is 0.810. The fourth-order valence-electron chi connectivity index (χ4n) is 3.18. The third kappa shape index (κ3) is 5.14. The number of nitrogens with zero attached hydrogens (tertiary/aromatic N) is 1. The number of benzene rings is 1. The van der Waals surface area contributed by atoms with E-state index in [1.807, 2.05) is 14.0 Å². The molecule has 1 fully saturated rings. The quantitative estimate of drug-likeness (QED) is 0.754. The highest BCUT2D eigenvalue weighted by molar-refractivity contribution is 5.96. The van der Waals surface area contributed by atoms with Crippen LogP contribution in [0.1, 0.15) is 43.5 Å². The molecule has 2 N–H and O–H groups in total. The van der Waals surface area contributed by atoms with Gasteiger partial charge in [-0.05, 0) is 90.0 Å². The van der Waals surface area contributed by atoms with Crippen molar-refractivity contribution < 1.29 is 9.59 Å². The first kappa shape index (κ1) is 18.6. The number of Topliss-reactive ketones (excluding diaryl/α,β-unsaturated/α-hetero) is 1. The summed E-state index contributed by atoms with van der Waals surface area (Å²) < 4.78 is 0. The van der Waals surface area contributed by atoms with E-state index in [0.29, 0.717) is 5.56 Å². The maximum absolute atomic E-state index is 12.5. The first-order valence-electron chi connectivity index (χ1n) is 8.81. The lowest BCUT2D eigenvalue weighted by Crippen LogP contribution is -2.46. The van der Waals surface area contributed by atoms with Gasteiger partial charge in [0, 0.05) is 11.3 Å². The molecular formula is C19H29N3O2. The SMILES string of the molecule is CNCCC1CCN(C(C)C(=O)Nc2ccc(C(C)=O)cc2)CC1. The first-order valence-corrected chi connectivity index (χ1v) is 8.81. The standard InChI is InChI=1S/C19H29N3O2/c1-14(22-12-9-16(10-13-22)8-11-20-3)19(24)21-18-6-4-17(5-7-18)15(2)23/h4-7,14,16,20H,8-13H2,1-3H3,(H,21,24). The van der Waals surface area contributed by atoms with E-state index >= 15 is 0 Å². The Morgan fingerprint density at radius 2 is 1.83 bits per heavy atom. The largest absolute Gasteiger partial charge is 0.325 e. The van der Waals surface area contributed by atoms with Gasteiger partial charge in [-0.3, -0.25) is 14.5 Å². The van der Waals surface area contributed by atoms with Crippen molar-refractivity contribution in [3.05, 3.63) is 29.8 Å². The monoisotopic (exact) mass is 331 g/mol. The lowest BCUT2D eigenvalue weighted by atomic mass is 9.93. The number of hydrogen-bond donors (Lipinski definition) is 2. The highest BCUT2D eigenvalue weighted by atomic mass is 16.2. The van der Waals surface area contributed by atoms with Gasteiger partial charge in [-0.2, -0.15) is 0 Å². The van der Waals surface area contributed by atoms with E-state index in [1.165, 1.54) is 13.3 Å². The van der Waals surface area contributed by atoms with Crippen LogP contribution in [0, 0.1) is 5.92 Å². The molecule has 1 unspecified atom stereocenters. The Bertz CT molecular complexity index is 548. The number of carbonyl (C=O) groups excluding carboxylic acids is 2. The minimum Gasteiger partial charge on any atom is -0.325 e. The van der Waals surface area contributed by atoms with Gasteiger partial charge in [-0.25, -0.2) is 0 Å². The number of rotatable bonds is 7. The van der Waals surface area contributed by atoms with Crippen LogP contribution in [0.15, 0.2) is 24.3 Å². The number of ketones is 1. The van der Waals surface area contributed by atoms with E-state index in [4.69, 9.17) is 0 Å². The third-order valence-electron chi connectivity index (χ3n) is 4.94. The number of likely N-dealkylation sites (tertiary alicyclic amines) is 1. The molecule has 5 heteroatoms. The van der Waals surface area contributed by atoms with Crippen LogP contribution in [0.3, 0.4) is 0 Å². The summed E-state index contributed by atoms with van der Waals surface area (Å²) in [7, 11) is 1.99. The van der Waals surface area contributed by atoms with Crippen molar-refractivity contribution in [3.8, 4) is 0 Å².